The van der Waals surface area contributed by atoms with E-state index in [1.807, 2.05) is 13.0 Å². The Balaban J connectivity index is 2.76. The SMILES string of the molecule is CCNc1cnc(C#N)cn1. The molecule has 1 aromatic rings. The van der Waals surface area contributed by atoms with Crippen LogP contribution in [0.25, 0.3) is 0 Å². The van der Waals surface area contributed by atoms with Gasteiger partial charge in [-0.05, 0) is 6.92 Å². The van der Waals surface area contributed by atoms with Crippen molar-refractivity contribution in [3.63, 3.8) is 0 Å². The van der Waals surface area contributed by atoms with E-state index in [9.17, 15) is 0 Å². The van der Waals surface area contributed by atoms with Gasteiger partial charge in [-0.15, -0.1) is 0 Å². The van der Waals surface area contributed by atoms with E-state index in [0.29, 0.717) is 11.5 Å². The highest BCUT2D eigenvalue weighted by Gasteiger charge is 1.92. The molecule has 0 radical (unpaired) electrons. The Labute approximate surface area is 64.9 Å². The van der Waals surface area contributed by atoms with Crippen molar-refractivity contribution in [3.8, 4) is 6.07 Å². The predicted molar refractivity (Wildman–Crippen MR) is 40.9 cm³/mol. The van der Waals surface area contributed by atoms with Gasteiger partial charge in [-0.25, -0.2) is 9.97 Å². The monoisotopic (exact) mass is 148 g/mol. The summed E-state index contributed by atoms with van der Waals surface area (Å²) in [6.45, 7) is 2.78. The molecule has 0 atom stereocenters. The molecule has 1 N–H and O–H groups in total. The Morgan fingerprint density at radius 2 is 2.36 bits per heavy atom. The van der Waals surface area contributed by atoms with E-state index in [0.717, 1.165) is 6.54 Å². The van der Waals surface area contributed by atoms with Crippen molar-refractivity contribution in [2.24, 2.45) is 0 Å². The van der Waals surface area contributed by atoms with E-state index in [1.165, 1.54) is 6.20 Å². The second-order valence-electron chi connectivity index (χ2n) is 1.93. The zero-order valence-electron chi connectivity index (χ0n) is 6.20. The van der Waals surface area contributed by atoms with Crippen LogP contribution in [0.5, 0.6) is 0 Å². The van der Waals surface area contributed by atoms with Gasteiger partial charge in [0.15, 0.2) is 5.69 Å². The molecule has 56 valence electrons. The lowest BCUT2D eigenvalue weighted by Crippen LogP contribution is -1.99. The molecule has 0 amide bonds. The minimum Gasteiger partial charge on any atom is -0.369 e. The summed E-state index contributed by atoms with van der Waals surface area (Å²) in [6.07, 6.45) is 2.99. The summed E-state index contributed by atoms with van der Waals surface area (Å²) in [7, 11) is 0. The number of nitrogens with zero attached hydrogens (tertiary/aromatic N) is 3. The Kier molecular flexibility index (Phi) is 2.39. The standard InChI is InChI=1S/C7H8N4/c1-2-9-7-5-10-6(3-8)4-11-7/h4-5H,2H2,1H3,(H,9,11). The summed E-state index contributed by atoms with van der Waals surface area (Å²) >= 11 is 0. The molecule has 0 unspecified atom stereocenters. The first-order valence-corrected chi connectivity index (χ1v) is 3.33. The van der Waals surface area contributed by atoms with Gasteiger partial charge >= 0.3 is 0 Å². The molecule has 0 spiro atoms. The van der Waals surface area contributed by atoms with Gasteiger partial charge in [0.25, 0.3) is 0 Å². The largest absolute Gasteiger partial charge is 0.369 e. The van der Waals surface area contributed by atoms with E-state index in [4.69, 9.17) is 5.26 Å². The van der Waals surface area contributed by atoms with Gasteiger partial charge < -0.3 is 5.32 Å². The molecule has 0 aliphatic rings. The zero-order valence-corrected chi connectivity index (χ0v) is 6.20. The van der Waals surface area contributed by atoms with Crippen molar-refractivity contribution in [2.75, 3.05) is 11.9 Å². The maximum atomic E-state index is 8.39. The average Bonchev–Trinajstić information content (AvgIpc) is 2.07. The number of anilines is 1. The van der Waals surface area contributed by atoms with E-state index >= 15 is 0 Å². The highest BCUT2D eigenvalue weighted by Crippen LogP contribution is 1.98. The zero-order chi connectivity index (χ0) is 8.10. The van der Waals surface area contributed by atoms with Crippen molar-refractivity contribution in [3.05, 3.63) is 18.1 Å². The molecular formula is C7H8N4. The van der Waals surface area contributed by atoms with Crippen molar-refractivity contribution >= 4 is 5.82 Å². The Hall–Kier alpha value is -1.63. The molecule has 0 saturated carbocycles. The Morgan fingerprint density at radius 3 is 2.82 bits per heavy atom. The summed E-state index contributed by atoms with van der Waals surface area (Å²) in [4.78, 5) is 7.77. The van der Waals surface area contributed by atoms with Crippen molar-refractivity contribution in [1.29, 1.82) is 5.26 Å². The predicted octanol–water partition coefficient (Wildman–Crippen LogP) is 0.780. The lowest BCUT2D eigenvalue weighted by molar-refractivity contribution is 1.11. The van der Waals surface area contributed by atoms with Crippen LogP contribution in [0.15, 0.2) is 12.4 Å². The number of nitriles is 1. The molecule has 0 aromatic carbocycles. The molecular weight excluding hydrogens is 140 g/mol. The maximum absolute atomic E-state index is 8.39. The molecule has 0 aliphatic carbocycles. The lowest BCUT2D eigenvalue weighted by Gasteiger charge is -1.98. The van der Waals surface area contributed by atoms with Crippen molar-refractivity contribution < 1.29 is 0 Å². The topological polar surface area (TPSA) is 61.6 Å². The van der Waals surface area contributed by atoms with E-state index < -0.39 is 0 Å². The van der Waals surface area contributed by atoms with Crippen molar-refractivity contribution in [2.45, 2.75) is 6.92 Å². The molecule has 0 aliphatic heterocycles. The molecule has 0 bridgehead atoms. The molecule has 1 aromatic heterocycles. The van der Waals surface area contributed by atoms with E-state index in [2.05, 4.69) is 15.3 Å². The lowest BCUT2D eigenvalue weighted by atomic mass is 10.5. The highest BCUT2D eigenvalue weighted by atomic mass is 15.0. The molecule has 0 saturated heterocycles. The Bertz CT molecular complexity index is 259. The first kappa shape index (κ1) is 7.48. The third kappa shape index (κ3) is 1.90. The summed E-state index contributed by atoms with van der Waals surface area (Å²) < 4.78 is 0. The third-order valence-corrected chi connectivity index (χ3v) is 1.12. The summed E-state index contributed by atoms with van der Waals surface area (Å²) in [5.41, 5.74) is 0.339. The van der Waals surface area contributed by atoms with Gasteiger partial charge in [0.1, 0.15) is 11.9 Å². The van der Waals surface area contributed by atoms with Crippen LogP contribution in [0.2, 0.25) is 0 Å². The van der Waals surface area contributed by atoms with Crippen LogP contribution in [0.4, 0.5) is 5.82 Å². The number of aromatic nitrogens is 2. The van der Waals surface area contributed by atoms with Crippen LogP contribution in [-0.2, 0) is 0 Å². The maximum Gasteiger partial charge on any atom is 0.158 e. The molecule has 11 heavy (non-hydrogen) atoms. The molecule has 1 heterocycles. The molecule has 0 fully saturated rings. The fourth-order valence-electron chi connectivity index (χ4n) is 0.658. The van der Waals surface area contributed by atoms with Crippen LogP contribution in [-0.4, -0.2) is 16.5 Å². The molecule has 4 nitrogen and oxygen atoms in total. The fourth-order valence-corrected chi connectivity index (χ4v) is 0.658. The highest BCUT2D eigenvalue weighted by molar-refractivity contribution is 5.32. The van der Waals surface area contributed by atoms with Gasteiger partial charge in [-0.3, -0.25) is 0 Å². The van der Waals surface area contributed by atoms with Crippen LogP contribution >= 0.6 is 0 Å². The van der Waals surface area contributed by atoms with Gasteiger partial charge in [0.05, 0.1) is 12.4 Å². The first-order valence-electron chi connectivity index (χ1n) is 3.33. The summed E-state index contributed by atoms with van der Waals surface area (Å²) in [6, 6.07) is 1.89. The quantitative estimate of drug-likeness (QED) is 0.673. The smallest absolute Gasteiger partial charge is 0.158 e. The van der Waals surface area contributed by atoms with Gasteiger partial charge in [0.2, 0.25) is 0 Å². The van der Waals surface area contributed by atoms with Crippen LogP contribution in [0.3, 0.4) is 0 Å². The second kappa shape index (κ2) is 3.52. The fraction of sp³-hybridized carbons (Fsp3) is 0.286. The minimum absolute atomic E-state index is 0.339. The third-order valence-electron chi connectivity index (χ3n) is 1.12. The summed E-state index contributed by atoms with van der Waals surface area (Å²) in [5.74, 6) is 0.700. The molecule has 1 rings (SSSR count). The minimum atomic E-state index is 0.339. The molecule has 4 heteroatoms. The summed E-state index contributed by atoms with van der Waals surface area (Å²) in [5, 5.41) is 11.4. The number of hydrogen-bond acceptors (Lipinski definition) is 4. The van der Waals surface area contributed by atoms with E-state index in [-0.39, 0.29) is 0 Å². The second-order valence-corrected chi connectivity index (χ2v) is 1.93. The van der Waals surface area contributed by atoms with Crippen molar-refractivity contribution in [1.82, 2.24) is 9.97 Å². The van der Waals surface area contributed by atoms with Gasteiger partial charge in [0, 0.05) is 6.54 Å². The van der Waals surface area contributed by atoms with Crippen LogP contribution in [0, 0.1) is 11.3 Å². The Morgan fingerprint density at radius 1 is 1.55 bits per heavy atom. The number of hydrogen-bond donors (Lipinski definition) is 1. The van der Waals surface area contributed by atoms with Crippen LogP contribution < -0.4 is 5.32 Å². The van der Waals surface area contributed by atoms with E-state index in [1.54, 1.807) is 6.20 Å². The number of rotatable bonds is 2. The number of nitrogens with one attached hydrogen (secondary N) is 1. The van der Waals surface area contributed by atoms with Gasteiger partial charge in [-0.1, -0.05) is 0 Å². The first-order chi connectivity index (χ1) is 5.36. The normalized spacial score (nSPS) is 8.73. The average molecular weight is 148 g/mol. The van der Waals surface area contributed by atoms with Gasteiger partial charge in [-0.2, -0.15) is 5.26 Å². The van der Waals surface area contributed by atoms with Crippen LogP contribution in [0.1, 0.15) is 12.6 Å².